The Balaban J connectivity index is 1.57. The molecule has 4 aromatic rings. The number of rotatable bonds is 4. The van der Waals surface area contributed by atoms with Crippen LogP contribution in [0.1, 0.15) is 5.56 Å². The van der Waals surface area contributed by atoms with E-state index in [1.807, 2.05) is 54.4 Å². The normalized spacial score (nSPS) is 11.2. The summed E-state index contributed by atoms with van der Waals surface area (Å²) in [6.45, 7) is 0.789. The lowest BCUT2D eigenvalue weighted by Gasteiger charge is -2.16. The van der Waals surface area contributed by atoms with Crippen LogP contribution in [0.2, 0.25) is 0 Å². The molecule has 0 saturated carbocycles. The Kier molecular flexibility index (Phi) is 3.49. The largest absolute Gasteiger partial charge is 0.399 e. The molecule has 2 aromatic heterocycles. The van der Waals surface area contributed by atoms with Gasteiger partial charge in [0.2, 0.25) is 5.95 Å². The first kappa shape index (κ1) is 14.4. The average molecular weight is 318 g/mol. The van der Waals surface area contributed by atoms with E-state index in [1.165, 1.54) is 5.56 Å². The second kappa shape index (κ2) is 5.81. The molecule has 2 heterocycles. The molecule has 0 saturated heterocycles. The first-order chi connectivity index (χ1) is 11.7. The van der Waals surface area contributed by atoms with Gasteiger partial charge in [0.15, 0.2) is 5.65 Å². The summed E-state index contributed by atoms with van der Waals surface area (Å²) < 4.78 is 0. The zero-order valence-electron chi connectivity index (χ0n) is 13.4. The molecule has 0 amide bonds. The van der Waals surface area contributed by atoms with Crippen LogP contribution in [0.4, 0.5) is 11.6 Å². The van der Waals surface area contributed by atoms with Crippen molar-refractivity contribution in [1.29, 1.82) is 0 Å². The quantitative estimate of drug-likeness (QED) is 0.565. The molecule has 0 unspecified atom stereocenters. The van der Waals surface area contributed by atoms with Crippen LogP contribution in [0.5, 0.6) is 0 Å². The number of para-hydroxylation sites is 1. The third-order valence-electron chi connectivity index (χ3n) is 4.14. The monoisotopic (exact) mass is 318 g/mol. The molecule has 24 heavy (non-hydrogen) atoms. The van der Waals surface area contributed by atoms with Crippen LogP contribution in [0, 0.1) is 0 Å². The topological polar surface area (TPSA) is 83.7 Å². The van der Waals surface area contributed by atoms with Gasteiger partial charge in [-0.05, 0) is 30.2 Å². The lowest BCUT2D eigenvalue weighted by atomic mass is 10.1. The highest BCUT2D eigenvalue weighted by Gasteiger charge is 2.11. The summed E-state index contributed by atoms with van der Waals surface area (Å²) in [4.78, 5) is 9.91. The van der Waals surface area contributed by atoms with Crippen LogP contribution in [0.25, 0.3) is 22.1 Å². The lowest BCUT2D eigenvalue weighted by Crippen LogP contribution is -2.23. The Morgan fingerprint density at radius 3 is 2.83 bits per heavy atom. The van der Waals surface area contributed by atoms with Gasteiger partial charge in [0.25, 0.3) is 0 Å². The highest BCUT2D eigenvalue weighted by atomic mass is 15.3. The van der Waals surface area contributed by atoms with Gasteiger partial charge in [0, 0.05) is 30.2 Å². The van der Waals surface area contributed by atoms with E-state index in [-0.39, 0.29) is 0 Å². The van der Waals surface area contributed by atoms with E-state index in [4.69, 9.17) is 5.73 Å². The molecule has 0 aliphatic heterocycles. The molecular weight excluding hydrogens is 300 g/mol. The molecule has 0 spiro atoms. The maximum absolute atomic E-state index is 5.82. The van der Waals surface area contributed by atoms with Crippen molar-refractivity contribution in [2.75, 3.05) is 24.2 Å². The molecule has 3 N–H and O–H groups in total. The summed E-state index contributed by atoms with van der Waals surface area (Å²) in [6, 6.07) is 15.9. The van der Waals surface area contributed by atoms with Crippen molar-refractivity contribution in [3.05, 3.63) is 54.1 Å². The van der Waals surface area contributed by atoms with Crippen LogP contribution >= 0.6 is 0 Å². The number of aromatic nitrogens is 4. The molecular formula is C18H18N6. The van der Waals surface area contributed by atoms with Crippen molar-refractivity contribution in [1.82, 2.24) is 20.2 Å². The van der Waals surface area contributed by atoms with E-state index < -0.39 is 0 Å². The van der Waals surface area contributed by atoms with Gasteiger partial charge in [-0.1, -0.05) is 30.3 Å². The average Bonchev–Trinajstić information content (AvgIpc) is 2.97. The van der Waals surface area contributed by atoms with Crippen molar-refractivity contribution >= 4 is 33.7 Å². The summed E-state index contributed by atoms with van der Waals surface area (Å²) >= 11 is 0. The minimum absolute atomic E-state index is 0.609. The molecule has 0 fully saturated rings. The minimum atomic E-state index is 0.609. The second-order valence-electron chi connectivity index (χ2n) is 5.90. The van der Waals surface area contributed by atoms with Crippen molar-refractivity contribution in [2.24, 2.45) is 0 Å². The fourth-order valence-corrected chi connectivity index (χ4v) is 2.82. The minimum Gasteiger partial charge on any atom is -0.399 e. The van der Waals surface area contributed by atoms with Gasteiger partial charge >= 0.3 is 0 Å². The molecule has 4 rings (SSSR count). The van der Waals surface area contributed by atoms with Gasteiger partial charge in [0.1, 0.15) is 5.52 Å². The Hall–Kier alpha value is -3.15. The van der Waals surface area contributed by atoms with Gasteiger partial charge in [-0.2, -0.15) is 4.98 Å². The highest BCUT2D eigenvalue weighted by molar-refractivity contribution is 6.03. The standard InChI is InChI=1S/C18H18N6/c1-24(10-9-12-5-4-6-13(19)11-12)18-21-17-16(22-23-18)14-7-2-3-8-15(14)20-17/h2-8,11H,9-10,19H2,1H3,(H,20,21,23). The van der Waals surface area contributed by atoms with Gasteiger partial charge in [-0.25, -0.2) is 0 Å². The van der Waals surface area contributed by atoms with Gasteiger partial charge < -0.3 is 15.6 Å². The zero-order chi connectivity index (χ0) is 16.5. The number of nitrogens with two attached hydrogens (primary N) is 1. The molecule has 0 radical (unpaired) electrons. The number of hydrogen-bond acceptors (Lipinski definition) is 5. The van der Waals surface area contributed by atoms with Crippen LogP contribution in [0.15, 0.2) is 48.5 Å². The van der Waals surface area contributed by atoms with Crippen molar-refractivity contribution in [3.63, 3.8) is 0 Å². The first-order valence-electron chi connectivity index (χ1n) is 7.87. The number of fused-ring (bicyclic) bond motifs is 3. The van der Waals surface area contributed by atoms with Crippen LogP contribution in [-0.4, -0.2) is 33.8 Å². The summed E-state index contributed by atoms with van der Waals surface area (Å²) in [6.07, 6.45) is 0.871. The summed E-state index contributed by atoms with van der Waals surface area (Å²) in [5.74, 6) is 0.609. The Bertz CT molecular complexity index is 1010. The lowest BCUT2D eigenvalue weighted by molar-refractivity contribution is 0.822. The zero-order valence-corrected chi connectivity index (χ0v) is 13.4. The molecule has 0 aliphatic rings. The molecule has 120 valence electrons. The number of nitrogen functional groups attached to an aromatic ring is 1. The fourth-order valence-electron chi connectivity index (χ4n) is 2.82. The fraction of sp³-hybridized carbons (Fsp3) is 0.167. The number of hydrogen-bond donors (Lipinski definition) is 2. The highest BCUT2D eigenvalue weighted by Crippen LogP contribution is 2.22. The smallest absolute Gasteiger partial charge is 0.247 e. The number of benzene rings is 2. The van der Waals surface area contributed by atoms with Crippen LogP contribution in [-0.2, 0) is 6.42 Å². The molecule has 6 heteroatoms. The summed E-state index contributed by atoms with van der Waals surface area (Å²) in [7, 11) is 1.97. The van der Waals surface area contributed by atoms with E-state index in [0.717, 1.165) is 40.7 Å². The number of likely N-dealkylation sites (N-methyl/N-ethyl adjacent to an activating group) is 1. The van der Waals surface area contributed by atoms with Crippen LogP contribution in [0.3, 0.4) is 0 Å². The van der Waals surface area contributed by atoms with Gasteiger partial charge in [-0.15, -0.1) is 10.2 Å². The van der Waals surface area contributed by atoms with Crippen molar-refractivity contribution < 1.29 is 0 Å². The maximum Gasteiger partial charge on any atom is 0.247 e. The van der Waals surface area contributed by atoms with E-state index in [2.05, 4.69) is 26.2 Å². The van der Waals surface area contributed by atoms with E-state index in [0.29, 0.717) is 5.95 Å². The van der Waals surface area contributed by atoms with Gasteiger partial charge in [0.05, 0.1) is 0 Å². The Labute approximate surface area is 139 Å². The van der Waals surface area contributed by atoms with Gasteiger partial charge in [-0.3, -0.25) is 0 Å². The number of nitrogens with one attached hydrogen (secondary N) is 1. The van der Waals surface area contributed by atoms with Crippen molar-refractivity contribution in [3.8, 4) is 0 Å². The predicted octanol–water partition coefficient (Wildman–Crippen LogP) is 2.77. The van der Waals surface area contributed by atoms with E-state index in [9.17, 15) is 0 Å². The molecule has 0 aliphatic carbocycles. The summed E-state index contributed by atoms with van der Waals surface area (Å²) in [5.41, 5.74) is 10.4. The van der Waals surface area contributed by atoms with E-state index >= 15 is 0 Å². The third kappa shape index (κ3) is 2.62. The second-order valence-corrected chi connectivity index (χ2v) is 5.90. The number of H-pyrrole nitrogens is 1. The predicted molar refractivity (Wildman–Crippen MR) is 97.0 cm³/mol. The number of nitrogens with zero attached hydrogens (tertiary/aromatic N) is 4. The SMILES string of the molecule is CN(CCc1cccc(N)c1)c1nnc2c(n1)[nH]c1ccccc12. The third-order valence-corrected chi connectivity index (χ3v) is 4.14. The molecule has 2 aromatic carbocycles. The van der Waals surface area contributed by atoms with Crippen LogP contribution < -0.4 is 10.6 Å². The Morgan fingerprint density at radius 2 is 1.96 bits per heavy atom. The molecule has 0 bridgehead atoms. The Morgan fingerprint density at radius 1 is 1.08 bits per heavy atom. The van der Waals surface area contributed by atoms with Crippen molar-refractivity contribution in [2.45, 2.75) is 6.42 Å². The number of aromatic amines is 1. The number of anilines is 2. The maximum atomic E-state index is 5.82. The summed E-state index contributed by atoms with van der Waals surface area (Å²) in [5, 5.41) is 9.68. The van der Waals surface area contributed by atoms with E-state index in [1.54, 1.807) is 0 Å². The first-order valence-corrected chi connectivity index (χ1v) is 7.87. The molecule has 0 atom stereocenters. The molecule has 6 nitrogen and oxygen atoms in total.